The number of rotatable bonds is 4. The van der Waals surface area contributed by atoms with E-state index in [0.717, 1.165) is 25.6 Å². The Balaban J connectivity index is 3.02. The molecule has 0 amide bonds. The van der Waals surface area contributed by atoms with Crippen LogP contribution in [0.25, 0.3) is 0 Å². The van der Waals surface area contributed by atoms with Crippen molar-refractivity contribution in [1.82, 2.24) is 0 Å². The second-order valence-corrected chi connectivity index (χ2v) is 5.41. The first-order valence-electron chi connectivity index (χ1n) is 4.85. The average Bonchev–Trinajstić information content (AvgIpc) is 2.27. The zero-order valence-corrected chi connectivity index (χ0v) is 10.6. The summed E-state index contributed by atoms with van der Waals surface area (Å²) in [6.45, 7) is 0. The van der Waals surface area contributed by atoms with E-state index in [9.17, 15) is 17.6 Å². The number of benzene rings is 1. The summed E-state index contributed by atoms with van der Waals surface area (Å²) in [7, 11) is -2.65. The molecule has 0 spiro atoms. The number of ether oxygens (including phenoxy) is 1. The molecule has 0 saturated heterocycles. The normalized spacial score (nSPS) is 12.1. The minimum absolute atomic E-state index is 0.319. The summed E-state index contributed by atoms with van der Waals surface area (Å²) in [6.07, 6.45) is 1.85. The van der Waals surface area contributed by atoms with Gasteiger partial charge in [-0.15, -0.1) is 0 Å². The van der Waals surface area contributed by atoms with Crippen LogP contribution in [0.1, 0.15) is 0 Å². The van der Waals surface area contributed by atoms with Crippen LogP contribution in [0.2, 0.25) is 0 Å². The molecule has 0 aromatic heterocycles. The van der Waals surface area contributed by atoms with Crippen LogP contribution in [0.3, 0.4) is 0 Å². The highest BCUT2D eigenvalue weighted by Gasteiger charge is 2.20. The molecule has 0 atom stereocenters. The number of halogens is 1. The predicted molar refractivity (Wildman–Crippen MR) is 65.0 cm³/mol. The number of hydrogen-bond acceptors (Lipinski definition) is 5. The van der Waals surface area contributed by atoms with Gasteiger partial charge in [0, 0.05) is 18.1 Å². The third kappa shape index (κ3) is 3.85. The number of carbonyl (C=O) groups is 1. The molecule has 5 nitrogen and oxygen atoms in total. The number of hydrogen-bond donors (Lipinski definition) is 1. The summed E-state index contributed by atoms with van der Waals surface area (Å²) in [5.41, 5.74) is 0.319. The lowest BCUT2D eigenvalue weighted by atomic mass is 10.3. The van der Waals surface area contributed by atoms with Gasteiger partial charge in [-0.3, -0.25) is 0 Å². The second-order valence-electron chi connectivity index (χ2n) is 3.43. The van der Waals surface area contributed by atoms with Crippen LogP contribution < -0.4 is 5.32 Å². The summed E-state index contributed by atoms with van der Waals surface area (Å²) >= 11 is 0. The smallest absolute Gasteiger partial charge is 0.351 e. The lowest BCUT2D eigenvalue weighted by molar-refractivity contribution is -0.135. The van der Waals surface area contributed by atoms with Gasteiger partial charge in [0.05, 0.1) is 7.11 Å². The number of sulfone groups is 1. The van der Waals surface area contributed by atoms with Crippen LogP contribution in [0, 0.1) is 5.82 Å². The molecule has 1 aromatic rings. The fraction of sp³-hybridized carbons (Fsp3) is 0.182. The van der Waals surface area contributed by atoms with Gasteiger partial charge in [-0.05, 0) is 18.2 Å². The van der Waals surface area contributed by atoms with Crippen molar-refractivity contribution in [2.45, 2.75) is 0 Å². The van der Waals surface area contributed by atoms with Crippen LogP contribution in [0.15, 0.2) is 35.4 Å². The Hall–Kier alpha value is -1.89. The quantitative estimate of drug-likeness (QED) is 0.661. The summed E-state index contributed by atoms with van der Waals surface area (Å²) in [4.78, 5) is 10.7. The Kier molecular flexibility index (Phi) is 4.43. The lowest BCUT2D eigenvalue weighted by Crippen LogP contribution is -2.15. The molecule has 0 radical (unpaired) electrons. The largest absolute Gasteiger partial charge is 0.465 e. The molecule has 0 fully saturated rings. The van der Waals surface area contributed by atoms with Crippen LogP contribution in [0.5, 0.6) is 0 Å². The van der Waals surface area contributed by atoms with E-state index in [1.807, 2.05) is 0 Å². The van der Waals surface area contributed by atoms with E-state index in [1.165, 1.54) is 18.2 Å². The fourth-order valence-electron chi connectivity index (χ4n) is 1.15. The molecule has 0 heterocycles. The van der Waals surface area contributed by atoms with Crippen molar-refractivity contribution in [1.29, 1.82) is 0 Å². The highest BCUT2D eigenvalue weighted by atomic mass is 32.2. The molecule has 0 aliphatic rings. The summed E-state index contributed by atoms with van der Waals surface area (Å²) in [5, 5.41) is 2.53. The molecule has 18 heavy (non-hydrogen) atoms. The van der Waals surface area contributed by atoms with E-state index in [0.29, 0.717) is 5.69 Å². The number of nitrogens with one attached hydrogen (secondary N) is 1. The first-order valence-corrected chi connectivity index (χ1v) is 6.74. The molecule has 1 rings (SSSR count). The first kappa shape index (κ1) is 14.2. The van der Waals surface area contributed by atoms with Crippen molar-refractivity contribution in [2.75, 3.05) is 18.7 Å². The van der Waals surface area contributed by atoms with Gasteiger partial charge in [-0.25, -0.2) is 17.6 Å². The van der Waals surface area contributed by atoms with Crippen LogP contribution >= 0.6 is 0 Å². The van der Waals surface area contributed by atoms with E-state index in [-0.39, 0.29) is 0 Å². The molecule has 0 unspecified atom stereocenters. The number of carbonyl (C=O) groups excluding carboxylic acids is 1. The fourth-order valence-corrected chi connectivity index (χ4v) is 1.80. The Morgan fingerprint density at radius 3 is 2.61 bits per heavy atom. The molecule has 0 saturated carbocycles. The maximum atomic E-state index is 12.9. The molecule has 0 bridgehead atoms. The SMILES string of the molecule is COC(=O)/C(=C\Nc1cccc(F)c1)S(C)(=O)=O. The van der Waals surface area contributed by atoms with Crippen LogP contribution in [-0.4, -0.2) is 27.8 Å². The van der Waals surface area contributed by atoms with Crippen LogP contribution in [-0.2, 0) is 19.4 Å². The molecule has 1 aromatic carbocycles. The second kappa shape index (κ2) is 5.63. The molecular formula is C11H12FNO4S. The van der Waals surface area contributed by atoms with Crippen molar-refractivity contribution >= 4 is 21.5 Å². The van der Waals surface area contributed by atoms with Gasteiger partial charge in [0.25, 0.3) is 0 Å². The Labute approximate surface area is 104 Å². The predicted octanol–water partition coefficient (Wildman–Crippen LogP) is 1.30. The molecule has 0 aliphatic carbocycles. The van der Waals surface area contributed by atoms with Crippen LogP contribution in [0.4, 0.5) is 10.1 Å². The molecule has 0 aliphatic heterocycles. The molecule has 1 N–H and O–H groups in total. The Morgan fingerprint density at radius 2 is 2.11 bits per heavy atom. The number of anilines is 1. The summed E-state index contributed by atoms with van der Waals surface area (Å²) in [5.74, 6) is -1.46. The molecule has 98 valence electrons. The van der Waals surface area contributed by atoms with E-state index in [4.69, 9.17) is 0 Å². The molecule has 7 heteroatoms. The van der Waals surface area contributed by atoms with Gasteiger partial charge in [0.2, 0.25) is 0 Å². The zero-order chi connectivity index (χ0) is 13.8. The van der Waals surface area contributed by atoms with Gasteiger partial charge in [0.15, 0.2) is 14.7 Å². The summed E-state index contributed by atoms with van der Waals surface area (Å²) in [6, 6.07) is 5.38. The summed E-state index contributed by atoms with van der Waals surface area (Å²) < 4.78 is 39.9. The number of methoxy groups -OCH3 is 1. The highest BCUT2D eigenvalue weighted by molar-refractivity contribution is 7.95. The Bertz CT molecular complexity index is 580. The van der Waals surface area contributed by atoms with Crippen molar-refractivity contribution < 1.29 is 22.3 Å². The topological polar surface area (TPSA) is 72.5 Å². The van der Waals surface area contributed by atoms with Gasteiger partial charge in [0.1, 0.15) is 5.82 Å². The minimum atomic E-state index is -3.73. The standard InChI is InChI=1S/C11H12FNO4S/c1-17-11(14)10(18(2,15)16)7-13-9-5-3-4-8(12)6-9/h3-7,13H,1-2H3/b10-7+. The van der Waals surface area contributed by atoms with Crippen molar-refractivity contribution in [3.05, 3.63) is 41.2 Å². The van der Waals surface area contributed by atoms with Gasteiger partial charge in [-0.1, -0.05) is 6.07 Å². The Morgan fingerprint density at radius 1 is 1.44 bits per heavy atom. The third-order valence-corrected chi connectivity index (χ3v) is 3.06. The van der Waals surface area contributed by atoms with E-state index in [2.05, 4.69) is 10.1 Å². The van der Waals surface area contributed by atoms with Crippen molar-refractivity contribution in [3.8, 4) is 0 Å². The monoisotopic (exact) mass is 273 g/mol. The zero-order valence-electron chi connectivity index (χ0n) is 9.81. The van der Waals surface area contributed by atoms with E-state index < -0.39 is 26.5 Å². The first-order chi connectivity index (χ1) is 8.34. The molecular weight excluding hydrogens is 261 g/mol. The van der Waals surface area contributed by atoms with Crippen molar-refractivity contribution in [2.24, 2.45) is 0 Å². The maximum absolute atomic E-state index is 12.9. The van der Waals surface area contributed by atoms with E-state index in [1.54, 1.807) is 0 Å². The number of esters is 1. The third-order valence-electron chi connectivity index (χ3n) is 1.98. The van der Waals surface area contributed by atoms with Gasteiger partial charge < -0.3 is 10.1 Å². The maximum Gasteiger partial charge on any atom is 0.351 e. The van der Waals surface area contributed by atoms with Gasteiger partial charge >= 0.3 is 5.97 Å². The average molecular weight is 273 g/mol. The van der Waals surface area contributed by atoms with Gasteiger partial charge in [-0.2, -0.15) is 0 Å². The van der Waals surface area contributed by atoms with E-state index >= 15 is 0 Å². The lowest BCUT2D eigenvalue weighted by Gasteiger charge is -2.05. The van der Waals surface area contributed by atoms with Crippen molar-refractivity contribution in [3.63, 3.8) is 0 Å². The minimum Gasteiger partial charge on any atom is -0.465 e. The highest BCUT2D eigenvalue weighted by Crippen LogP contribution is 2.12.